The molecule has 1 aliphatic heterocycles. The number of aliphatic hydroxyl groups excluding tert-OH is 1. The molecule has 1 N–H and O–H groups in total. The molecule has 1 fully saturated rings. The van der Waals surface area contributed by atoms with Crippen LogP contribution in [0.1, 0.15) is 31.1 Å². The van der Waals surface area contributed by atoms with Crippen LogP contribution in [0.3, 0.4) is 0 Å². The van der Waals surface area contributed by atoms with Crippen LogP contribution >= 0.6 is 0 Å². The summed E-state index contributed by atoms with van der Waals surface area (Å²) >= 11 is 0. The minimum absolute atomic E-state index is 0.160. The summed E-state index contributed by atoms with van der Waals surface area (Å²) in [5.41, 5.74) is 0.723. The van der Waals surface area contributed by atoms with E-state index in [9.17, 15) is 5.11 Å². The van der Waals surface area contributed by atoms with E-state index in [0.717, 1.165) is 44.7 Å². The molecule has 0 spiro atoms. The molecule has 0 radical (unpaired) electrons. The van der Waals surface area contributed by atoms with Gasteiger partial charge in [0.1, 0.15) is 11.8 Å². The third kappa shape index (κ3) is 3.50. The number of hydrogen-bond acceptors (Lipinski definition) is 5. The number of nitrogens with zero attached hydrogens (tertiary/aromatic N) is 3. The average molecular weight is 283 g/mol. The lowest BCUT2D eigenvalue weighted by Gasteiger charge is -2.28. The molecule has 0 aromatic carbocycles. The normalized spacial score (nSPS) is 21.1. The smallest absolute Gasteiger partial charge is 0.162 e. The van der Waals surface area contributed by atoms with E-state index >= 15 is 0 Å². The van der Waals surface area contributed by atoms with Crippen molar-refractivity contribution in [3.8, 4) is 5.75 Å². The second-order valence-corrected chi connectivity index (χ2v) is 5.47. The first-order valence-corrected chi connectivity index (χ1v) is 7.17. The van der Waals surface area contributed by atoms with Crippen molar-refractivity contribution in [2.24, 2.45) is 0 Å². The summed E-state index contributed by atoms with van der Waals surface area (Å²) < 4.78 is 12.8. The Morgan fingerprint density at radius 1 is 1.55 bits per heavy atom. The molecule has 0 amide bonds. The summed E-state index contributed by atoms with van der Waals surface area (Å²) in [7, 11) is 5.63. The fraction of sp³-hybridized carbons (Fsp3) is 0.786. The average Bonchev–Trinajstić information content (AvgIpc) is 2.88. The van der Waals surface area contributed by atoms with Crippen molar-refractivity contribution in [1.82, 2.24) is 14.7 Å². The highest BCUT2D eigenvalue weighted by Crippen LogP contribution is 2.32. The molecule has 2 atom stereocenters. The lowest BCUT2D eigenvalue weighted by atomic mass is 10.0. The summed E-state index contributed by atoms with van der Waals surface area (Å²) in [5.74, 6) is 0.630. The van der Waals surface area contributed by atoms with E-state index in [1.807, 2.05) is 18.8 Å². The predicted molar refractivity (Wildman–Crippen MR) is 75.9 cm³/mol. The minimum Gasteiger partial charge on any atom is -0.493 e. The molecule has 1 aromatic heterocycles. The highest BCUT2D eigenvalue weighted by atomic mass is 16.5. The number of methoxy groups -OCH3 is 1. The van der Waals surface area contributed by atoms with E-state index in [1.54, 1.807) is 13.3 Å². The summed E-state index contributed by atoms with van der Waals surface area (Å²) in [6, 6.07) is 0. The fourth-order valence-electron chi connectivity index (χ4n) is 2.50. The van der Waals surface area contributed by atoms with Gasteiger partial charge in [0.05, 0.1) is 26.0 Å². The van der Waals surface area contributed by atoms with Crippen LogP contribution in [-0.2, 0) is 11.3 Å². The van der Waals surface area contributed by atoms with Gasteiger partial charge in [-0.05, 0) is 33.4 Å². The van der Waals surface area contributed by atoms with E-state index in [0.29, 0.717) is 5.75 Å². The number of hydrogen-bond donors (Lipinski definition) is 1. The molecule has 6 heteroatoms. The van der Waals surface area contributed by atoms with Gasteiger partial charge in [0.25, 0.3) is 0 Å². The monoisotopic (exact) mass is 283 g/mol. The number of aromatic nitrogens is 2. The Morgan fingerprint density at radius 3 is 2.95 bits per heavy atom. The Bertz CT molecular complexity index is 414. The van der Waals surface area contributed by atoms with Crippen molar-refractivity contribution >= 4 is 0 Å². The summed E-state index contributed by atoms with van der Waals surface area (Å²) in [4.78, 5) is 2.08. The van der Waals surface area contributed by atoms with Crippen molar-refractivity contribution in [3.05, 3.63) is 11.9 Å². The second-order valence-electron chi connectivity index (χ2n) is 5.47. The zero-order valence-corrected chi connectivity index (χ0v) is 12.6. The first-order chi connectivity index (χ1) is 9.63. The first-order valence-electron chi connectivity index (χ1n) is 7.17. The van der Waals surface area contributed by atoms with Gasteiger partial charge in [0, 0.05) is 13.2 Å². The molecule has 114 valence electrons. The van der Waals surface area contributed by atoms with E-state index in [2.05, 4.69) is 10.00 Å². The molecular weight excluding hydrogens is 258 g/mol. The molecule has 1 aliphatic rings. The van der Waals surface area contributed by atoms with E-state index < -0.39 is 6.10 Å². The zero-order valence-electron chi connectivity index (χ0n) is 12.6. The number of aliphatic hydroxyl groups is 1. The molecule has 0 aliphatic carbocycles. The van der Waals surface area contributed by atoms with Gasteiger partial charge in [-0.2, -0.15) is 5.10 Å². The molecule has 20 heavy (non-hydrogen) atoms. The maximum Gasteiger partial charge on any atom is 0.162 e. The molecule has 1 saturated heterocycles. The Hall–Kier alpha value is -1.11. The van der Waals surface area contributed by atoms with Crippen LogP contribution in [-0.4, -0.2) is 60.2 Å². The van der Waals surface area contributed by atoms with Gasteiger partial charge in [-0.15, -0.1) is 0 Å². The molecular formula is C14H25N3O3. The fourth-order valence-corrected chi connectivity index (χ4v) is 2.50. The van der Waals surface area contributed by atoms with Gasteiger partial charge < -0.3 is 19.5 Å². The predicted octanol–water partition coefficient (Wildman–Crippen LogP) is 1.06. The third-order valence-electron chi connectivity index (χ3n) is 3.67. The van der Waals surface area contributed by atoms with Crippen molar-refractivity contribution < 1.29 is 14.6 Å². The maximum absolute atomic E-state index is 10.6. The van der Waals surface area contributed by atoms with Gasteiger partial charge in [-0.25, -0.2) is 0 Å². The van der Waals surface area contributed by atoms with Crippen LogP contribution in [0.15, 0.2) is 6.20 Å². The molecule has 2 heterocycles. The topological polar surface area (TPSA) is 59.8 Å². The largest absolute Gasteiger partial charge is 0.493 e. The second kappa shape index (κ2) is 7.06. The zero-order chi connectivity index (χ0) is 14.5. The van der Waals surface area contributed by atoms with Crippen molar-refractivity contribution in [2.75, 3.05) is 34.4 Å². The van der Waals surface area contributed by atoms with Crippen LogP contribution in [0.2, 0.25) is 0 Å². The standard InChI is InChI=1S/C14H25N3O3/c1-16(2)7-8-17-13(12(19-3)10-15-17)14(18)11-6-4-5-9-20-11/h10-11,14,18H,4-9H2,1-3H3. The minimum atomic E-state index is -0.685. The quantitative estimate of drug-likeness (QED) is 0.846. The van der Waals surface area contributed by atoms with Crippen molar-refractivity contribution in [3.63, 3.8) is 0 Å². The van der Waals surface area contributed by atoms with Gasteiger partial charge in [0.2, 0.25) is 0 Å². The van der Waals surface area contributed by atoms with Crippen LogP contribution < -0.4 is 4.74 Å². The Kier molecular flexibility index (Phi) is 5.39. The van der Waals surface area contributed by atoms with Crippen LogP contribution in [0.5, 0.6) is 5.75 Å². The van der Waals surface area contributed by atoms with Crippen LogP contribution in [0, 0.1) is 0 Å². The Labute approximate surface area is 120 Å². The third-order valence-corrected chi connectivity index (χ3v) is 3.67. The van der Waals surface area contributed by atoms with E-state index in [1.165, 1.54) is 0 Å². The molecule has 1 aromatic rings. The van der Waals surface area contributed by atoms with Gasteiger partial charge in [0.15, 0.2) is 5.75 Å². The summed E-state index contributed by atoms with van der Waals surface area (Å²) in [6.07, 6.45) is 3.86. The molecule has 6 nitrogen and oxygen atoms in total. The van der Waals surface area contributed by atoms with Crippen molar-refractivity contribution in [2.45, 2.75) is 38.0 Å². The van der Waals surface area contributed by atoms with Crippen LogP contribution in [0.25, 0.3) is 0 Å². The van der Waals surface area contributed by atoms with Crippen LogP contribution in [0.4, 0.5) is 0 Å². The van der Waals surface area contributed by atoms with Gasteiger partial charge >= 0.3 is 0 Å². The van der Waals surface area contributed by atoms with Gasteiger partial charge in [-0.3, -0.25) is 4.68 Å². The number of rotatable bonds is 6. The Morgan fingerprint density at radius 2 is 2.35 bits per heavy atom. The summed E-state index contributed by atoms with van der Waals surface area (Å²) in [5, 5.41) is 14.9. The number of ether oxygens (including phenoxy) is 2. The van der Waals surface area contributed by atoms with E-state index in [4.69, 9.17) is 9.47 Å². The molecule has 2 unspecified atom stereocenters. The molecule has 2 rings (SSSR count). The first kappa shape index (κ1) is 15.3. The molecule has 0 bridgehead atoms. The molecule has 0 saturated carbocycles. The Balaban J connectivity index is 2.16. The van der Waals surface area contributed by atoms with Gasteiger partial charge in [-0.1, -0.05) is 0 Å². The lowest BCUT2D eigenvalue weighted by molar-refractivity contribution is -0.0669. The lowest BCUT2D eigenvalue weighted by Crippen LogP contribution is -2.29. The highest BCUT2D eigenvalue weighted by molar-refractivity contribution is 5.28. The SMILES string of the molecule is COc1cnn(CCN(C)C)c1C(O)C1CCCCO1. The number of likely N-dealkylation sites (N-methyl/N-ethyl adjacent to an activating group) is 1. The van der Waals surface area contributed by atoms with E-state index in [-0.39, 0.29) is 6.10 Å². The highest BCUT2D eigenvalue weighted by Gasteiger charge is 2.29. The van der Waals surface area contributed by atoms with Crippen molar-refractivity contribution in [1.29, 1.82) is 0 Å². The summed E-state index contributed by atoms with van der Waals surface area (Å²) in [6.45, 7) is 2.29. The maximum atomic E-state index is 10.6.